The van der Waals surface area contributed by atoms with E-state index in [4.69, 9.17) is 9.84 Å². The summed E-state index contributed by atoms with van der Waals surface area (Å²) in [7, 11) is -4.47. The number of amides is 1. The van der Waals surface area contributed by atoms with Gasteiger partial charge in [-0.25, -0.2) is 23.0 Å². The van der Waals surface area contributed by atoms with Crippen LogP contribution in [0.2, 0.25) is 0 Å². The Balaban J connectivity index is 0.00000320. The van der Waals surface area contributed by atoms with Crippen molar-refractivity contribution in [3.63, 3.8) is 0 Å². The van der Waals surface area contributed by atoms with Crippen LogP contribution in [-0.2, 0) is 10.0 Å². The Kier molecular flexibility index (Phi) is 7.23. The van der Waals surface area contributed by atoms with Crippen molar-refractivity contribution in [3.05, 3.63) is 109 Å². The maximum absolute atomic E-state index is 13.6. The van der Waals surface area contributed by atoms with Crippen molar-refractivity contribution in [2.45, 2.75) is 4.90 Å². The minimum atomic E-state index is -4.47. The van der Waals surface area contributed by atoms with Crippen LogP contribution in [0, 0.1) is 0 Å². The topological polar surface area (TPSA) is 114 Å². The summed E-state index contributed by atoms with van der Waals surface area (Å²) >= 11 is 0. The molecular weight excluding hydrogens is 560 g/mol. The fourth-order valence-corrected chi connectivity index (χ4v) is 5.14. The largest absolute Gasteiger partial charge is 0.478 e. The molecule has 37 heavy (non-hydrogen) atoms. The van der Waals surface area contributed by atoms with Crippen LogP contribution in [0.5, 0.6) is 5.75 Å². The van der Waals surface area contributed by atoms with Crippen LogP contribution < -0.4 is 9.04 Å². The summed E-state index contributed by atoms with van der Waals surface area (Å²) in [5.41, 5.74) is 1.14. The second-order valence-corrected chi connectivity index (χ2v) is 9.56. The van der Waals surface area contributed by atoms with Gasteiger partial charge in [-0.05, 0) is 60.7 Å². The lowest BCUT2D eigenvalue weighted by Gasteiger charge is -2.22. The second kappa shape index (κ2) is 10.4. The summed E-state index contributed by atoms with van der Waals surface area (Å²) in [5, 5.41) is 10.2. The van der Waals surface area contributed by atoms with Gasteiger partial charge >= 0.3 is 12.1 Å². The molecule has 0 saturated carbocycles. The Morgan fingerprint density at radius 2 is 1.24 bits per heavy atom. The standard InChI is InChI=1S/C27H18N2O6S.BrH/c30-26(31)18-14-16-20(17-15-18)36(33,34)29(19-8-2-1-3-9-19)27(32)35-25-21-10-4-6-12-23(21)28-24-13-7-5-11-22(24)25;/h1-17H,(H,30,31);1H. The number of carbonyl (C=O) groups is 2. The SMILES string of the molecule is Br.O=C(O)c1ccc(S(=O)(=O)N(C(=O)Oc2c3ccccc3nc3ccccc23)c2ccccc2)cc1. The van der Waals surface area contributed by atoms with Crippen LogP contribution in [0.4, 0.5) is 10.5 Å². The molecular formula is C27H19BrN2O6S. The number of rotatable bonds is 5. The Morgan fingerprint density at radius 3 is 1.78 bits per heavy atom. The number of sulfonamides is 1. The van der Waals surface area contributed by atoms with Gasteiger partial charge in [0, 0.05) is 10.8 Å². The first-order chi connectivity index (χ1) is 17.4. The van der Waals surface area contributed by atoms with Crippen LogP contribution >= 0.6 is 17.0 Å². The Hall–Kier alpha value is -4.28. The number of aromatic carboxylic acids is 1. The van der Waals surface area contributed by atoms with Crippen LogP contribution in [-0.4, -0.2) is 30.6 Å². The molecule has 0 aliphatic rings. The number of anilines is 1. The number of carbonyl (C=O) groups excluding carboxylic acids is 1. The number of hydrogen-bond donors (Lipinski definition) is 1. The van der Waals surface area contributed by atoms with Gasteiger partial charge in [0.05, 0.1) is 27.2 Å². The average Bonchev–Trinajstić information content (AvgIpc) is 2.89. The van der Waals surface area contributed by atoms with Crippen LogP contribution in [0.3, 0.4) is 0 Å². The average molecular weight is 579 g/mol. The van der Waals surface area contributed by atoms with Crippen LogP contribution in [0.1, 0.15) is 10.4 Å². The molecule has 0 unspecified atom stereocenters. The van der Waals surface area contributed by atoms with E-state index in [0.29, 0.717) is 26.1 Å². The molecule has 1 N–H and O–H groups in total. The van der Waals surface area contributed by atoms with Crippen molar-refractivity contribution in [1.29, 1.82) is 0 Å². The van der Waals surface area contributed by atoms with Crippen LogP contribution in [0.15, 0.2) is 108 Å². The van der Waals surface area contributed by atoms with E-state index in [-0.39, 0.29) is 38.9 Å². The summed E-state index contributed by atoms with van der Waals surface area (Å²) in [6.45, 7) is 0. The van der Waals surface area contributed by atoms with E-state index in [0.717, 1.165) is 24.3 Å². The van der Waals surface area contributed by atoms with Gasteiger partial charge in [0.15, 0.2) is 5.75 Å². The summed E-state index contributed by atoms with van der Waals surface area (Å²) in [5.74, 6) is -1.02. The van der Waals surface area contributed by atoms with Gasteiger partial charge in [-0.15, -0.1) is 17.0 Å². The van der Waals surface area contributed by atoms with Gasteiger partial charge in [0.2, 0.25) is 0 Å². The highest BCUT2D eigenvalue weighted by Gasteiger charge is 2.33. The summed E-state index contributed by atoms with van der Waals surface area (Å²) < 4.78 is 33.6. The molecule has 5 rings (SSSR count). The second-order valence-electron chi connectivity index (χ2n) is 7.78. The van der Waals surface area contributed by atoms with E-state index < -0.39 is 22.1 Å². The quantitative estimate of drug-likeness (QED) is 0.252. The van der Waals surface area contributed by atoms with E-state index in [1.807, 2.05) is 0 Å². The van der Waals surface area contributed by atoms with Gasteiger partial charge in [0.25, 0.3) is 10.0 Å². The highest BCUT2D eigenvalue weighted by atomic mass is 79.9. The maximum atomic E-state index is 13.6. The maximum Gasteiger partial charge on any atom is 0.434 e. The molecule has 1 heterocycles. The molecule has 0 bridgehead atoms. The summed E-state index contributed by atoms with van der Waals surface area (Å²) in [6, 6.07) is 26.6. The molecule has 10 heteroatoms. The molecule has 8 nitrogen and oxygen atoms in total. The first kappa shape index (κ1) is 25.8. The first-order valence-corrected chi connectivity index (χ1v) is 12.2. The zero-order chi connectivity index (χ0) is 25.3. The number of carboxylic acid groups (broad SMARTS) is 1. The van der Waals surface area contributed by atoms with Crippen molar-refractivity contribution >= 4 is 66.6 Å². The molecule has 0 fully saturated rings. The number of para-hydroxylation sites is 3. The van der Waals surface area contributed by atoms with E-state index in [2.05, 4.69) is 4.98 Å². The van der Waals surface area contributed by atoms with Crippen molar-refractivity contribution in [2.75, 3.05) is 4.31 Å². The van der Waals surface area contributed by atoms with Crippen molar-refractivity contribution in [1.82, 2.24) is 4.98 Å². The molecule has 0 saturated heterocycles. The van der Waals surface area contributed by atoms with Gasteiger partial charge in [0.1, 0.15) is 0 Å². The Labute approximate surface area is 222 Å². The number of carboxylic acids is 1. The smallest absolute Gasteiger partial charge is 0.434 e. The molecule has 4 aromatic carbocycles. The molecule has 0 aliphatic heterocycles. The third-order valence-electron chi connectivity index (χ3n) is 5.52. The number of aromatic nitrogens is 1. The fourth-order valence-electron chi connectivity index (χ4n) is 3.82. The first-order valence-electron chi connectivity index (χ1n) is 10.8. The minimum absolute atomic E-state index is 0. The molecule has 0 atom stereocenters. The number of nitrogens with zero attached hydrogens (tertiary/aromatic N) is 2. The Morgan fingerprint density at radius 1 is 0.730 bits per heavy atom. The fraction of sp³-hybridized carbons (Fsp3) is 0. The van der Waals surface area contributed by atoms with Crippen molar-refractivity contribution < 1.29 is 27.9 Å². The number of benzene rings is 4. The minimum Gasteiger partial charge on any atom is -0.478 e. The summed E-state index contributed by atoms with van der Waals surface area (Å²) in [6.07, 6.45) is -1.15. The van der Waals surface area contributed by atoms with E-state index >= 15 is 0 Å². The molecule has 1 amide bonds. The van der Waals surface area contributed by atoms with Crippen molar-refractivity contribution in [2.24, 2.45) is 0 Å². The number of hydrogen-bond acceptors (Lipinski definition) is 6. The number of pyridine rings is 1. The predicted molar refractivity (Wildman–Crippen MR) is 145 cm³/mol. The highest BCUT2D eigenvalue weighted by Crippen LogP contribution is 2.34. The lowest BCUT2D eigenvalue weighted by molar-refractivity contribution is 0.0696. The Bertz CT molecular complexity index is 1670. The lowest BCUT2D eigenvalue weighted by Crippen LogP contribution is -2.39. The molecule has 0 radical (unpaired) electrons. The number of ether oxygens (including phenoxy) is 1. The lowest BCUT2D eigenvalue weighted by atomic mass is 10.1. The van der Waals surface area contributed by atoms with E-state index in [9.17, 15) is 18.0 Å². The monoisotopic (exact) mass is 578 g/mol. The molecule has 1 aromatic heterocycles. The molecule has 0 aliphatic carbocycles. The zero-order valence-corrected chi connectivity index (χ0v) is 21.5. The third kappa shape index (κ3) is 4.89. The summed E-state index contributed by atoms with van der Waals surface area (Å²) in [4.78, 5) is 29.1. The normalized spacial score (nSPS) is 11.0. The van der Waals surface area contributed by atoms with E-state index in [1.165, 1.54) is 12.1 Å². The van der Waals surface area contributed by atoms with Crippen LogP contribution in [0.25, 0.3) is 21.8 Å². The van der Waals surface area contributed by atoms with E-state index in [1.54, 1.807) is 66.7 Å². The third-order valence-corrected chi connectivity index (χ3v) is 7.23. The van der Waals surface area contributed by atoms with Gasteiger partial charge in [-0.2, -0.15) is 4.31 Å². The zero-order valence-electron chi connectivity index (χ0n) is 19.0. The van der Waals surface area contributed by atoms with Gasteiger partial charge in [-0.3, -0.25) is 0 Å². The van der Waals surface area contributed by atoms with Gasteiger partial charge in [-0.1, -0.05) is 42.5 Å². The van der Waals surface area contributed by atoms with Crippen molar-refractivity contribution in [3.8, 4) is 5.75 Å². The molecule has 186 valence electrons. The number of fused-ring (bicyclic) bond motifs is 2. The number of halogens is 1. The highest BCUT2D eigenvalue weighted by molar-refractivity contribution is 8.93. The molecule has 5 aromatic rings. The van der Waals surface area contributed by atoms with Gasteiger partial charge < -0.3 is 9.84 Å². The molecule has 0 spiro atoms. The predicted octanol–water partition coefficient (Wildman–Crippen LogP) is 6.06.